The predicted octanol–water partition coefficient (Wildman–Crippen LogP) is 1.35. The van der Waals surface area contributed by atoms with Crippen molar-refractivity contribution in [3.63, 3.8) is 0 Å². The number of ether oxygens (including phenoxy) is 2. The smallest absolute Gasteiger partial charge is 0.221 e. The molecule has 0 fully saturated rings. The molecule has 0 atom stereocenters. The van der Waals surface area contributed by atoms with Crippen LogP contribution in [-0.2, 0) is 11.2 Å². The van der Waals surface area contributed by atoms with E-state index < -0.39 is 0 Å². The maximum Gasteiger partial charge on any atom is 0.221 e. The van der Waals surface area contributed by atoms with Crippen molar-refractivity contribution in [3.05, 3.63) is 22.8 Å². The van der Waals surface area contributed by atoms with E-state index in [0.29, 0.717) is 5.75 Å². The standard InChI is InChI=1S/C12H17NO3/c1-7-8(2)12(16-4)9(6-11(13)14)5-10(7)15-3/h5H,6H2,1-4H3,(H2,13,14). The molecule has 2 N–H and O–H groups in total. The Morgan fingerprint density at radius 2 is 1.88 bits per heavy atom. The van der Waals surface area contributed by atoms with Gasteiger partial charge in [-0.1, -0.05) is 0 Å². The zero-order valence-corrected chi connectivity index (χ0v) is 10.1. The average Bonchev–Trinajstić information content (AvgIpc) is 2.23. The lowest BCUT2D eigenvalue weighted by Gasteiger charge is -2.15. The molecule has 1 amide bonds. The number of nitrogens with two attached hydrogens (primary N) is 1. The molecule has 0 saturated heterocycles. The van der Waals surface area contributed by atoms with Crippen LogP contribution in [0.5, 0.6) is 11.5 Å². The van der Waals surface area contributed by atoms with Crippen LogP contribution in [0.4, 0.5) is 0 Å². The summed E-state index contributed by atoms with van der Waals surface area (Å²) >= 11 is 0. The molecule has 1 rings (SSSR count). The molecule has 0 aliphatic rings. The first kappa shape index (κ1) is 12.4. The summed E-state index contributed by atoms with van der Waals surface area (Å²) < 4.78 is 10.5. The molecule has 0 aliphatic heterocycles. The van der Waals surface area contributed by atoms with Crippen LogP contribution in [-0.4, -0.2) is 20.1 Å². The number of hydrogen-bond donors (Lipinski definition) is 1. The Balaban J connectivity index is 3.34. The van der Waals surface area contributed by atoms with Crippen LogP contribution in [0.2, 0.25) is 0 Å². The topological polar surface area (TPSA) is 61.5 Å². The molecule has 1 aromatic rings. The molecular weight excluding hydrogens is 206 g/mol. The van der Waals surface area contributed by atoms with Gasteiger partial charge >= 0.3 is 0 Å². The van der Waals surface area contributed by atoms with Crippen LogP contribution in [0.15, 0.2) is 6.07 Å². The molecule has 0 radical (unpaired) electrons. The Kier molecular flexibility index (Phi) is 3.77. The molecule has 0 aromatic heterocycles. The Bertz CT molecular complexity index is 413. The van der Waals surface area contributed by atoms with Crippen LogP contribution < -0.4 is 15.2 Å². The summed E-state index contributed by atoms with van der Waals surface area (Å²) in [7, 11) is 3.18. The van der Waals surface area contributed by atoms with Gasteiger partial charge in [-0.25, -0.2) is 0 Å². The summed E-state index contributed by atoms with van der Waals surface area (Å²) in [6.07, 6.45) is 0.153. The maximum absolute atomic E-state index is 11.0. The van der Waals surface area contributed by atoms with Crippen molar-refractivity contribution in [1.82, 2.24) is 0 Å². The Labute approximate surface area is 95.3 Å². The van der Waals surface area contributed by atoms with Gasteiger partial charge in [0.1, 0.15) is 11.5 Å². The van der Waals surface area contributed by atoms with Crippen LogP contribution in [0.25, 0.3) is 0 Å². The molecule has 4 heteroatoms. The predicted molar refractivity (Wildman–Crippen MR) is 61.9 cm³/mol. The third-order valence-corrected chi connectivity index (χ3v) is 2.66. The number of methoxy groups -OCH3 is 2. The highest BCUT2D eigenvalue weighted by Crippen LogP contribution is 2.33. The lowest BCUT2D eigenvalue weighted by molar-refractivity contribution is -0.117. The first-order valence-electron chi connectivity index (χ1n) is 5.00. The summed E-state index contributed by atoms with van der Waals surface area (Å²) in [6, 6.07) is 1.80. The number of carbonyl (C=O) groups excluding carboxylic acids is 1. The number of benzene rings is 1. The monoisotopic (exact) mass is 223 g/mol. The van der Waals surface area contributed by atoms with Gasteiger partial charge in [0.2, 0.25) is 5.91 Å². The molecular formula is C12H17NO3. The molecule has 0 aliphatic carbocycles. The number of rotatable bonds is 4. The van der Waals surface area contributed by atoms with Gasteiger partial charge in [0.25, 0.3) is 0 Å². The number of amides is 1. The second-order valence-electron chi connectivity index (χ2n) is 3.66. The maximum atomic E-state index is 11.0. The molecule has 0 unspecified atom stereocenters. The number of primary amides is 1. The van der Waals surface area contributed by atoms with Crippen LogP contribution >= 0.6 is 0 Å². The van der Waals surface area contributed by atoms with E-state index >= 15 is 0 Å². The quantitative estimate of drug-likeness (QED) is 0.838. The molecule has 0 spiro atoms. The van der Waals surface area contributed by atoms with E-state index in [2.05, 4.69) is 0 Å². The molecule has 16 heavy (non-hydrogen) atoms. The largest absolute Gasteiger partial charge is 0.496 e. The third-order valence-electron chi connectivity index (χ3n) is 2.66. The zero-order valence-electron chi connectivity index (χ0n) is 10.1. The van der Waals surface area contributed by atoms with Crippen molar-refractivity contribution < 1.29 is 14.3 Å². The van der Waals surface area contributed by atoms with Crippen molar-refractivity contribution in [2.45, 2.75) is 20.3 Å². The molecule has 0 bridgehead atoms. The minimum atomic E-state index is -0.386. The summed E-state index contributed by atoms with van der Waals surface area (Å²) in [5.41, 5.74) is 7.93. The average molecular weight is 223 g/mol. The van der Waals surface area contributed by atoms with Crippen LogP contribution in [0.1, 0.15) is 16.7 Å². The molecule has 88 valence electrons. The fraction of sp³-hybridized carbons (Fsp3) is 0.417. The highest BCUT2D eigenvalue weighted by molar-refractivity contribution is 5.78. The second kappa shape index (κ2) is 4.88. The zero-order chi connectivity index (χ0) is 12.3. The van der Waals surface area contributed by atoms with E-state index in [0.717, 1.165) is 22.4 Å². The lowest BCUT2D eigenvalue weighted by atomic mass is 10.0. The van der Waals surface area contributed by atoms with Gasteiger partial charge in [0.15, 0.2) is 0 Å². The third kappa shape index (κ3) is 2.27. The van der Waals surface area contributed by atoms with Crippen molar-refractivity contribution in [1.29, 1.82) is 0 Å². The van der Waals surface area contributed by atoms with Gasteiger partial charge < -0.3 is 15.2 Å². The summed E-state index contributed by atoms with van der Waals surface area (Å²) in [6.45, 7) is 3.88. The molecule has 1 aromatic carbocycles. The van der Waals surface area contributed by atoms with E-state index in [4.69, 9.17) is 15.2 Å². The van der Waals surface area contributed by atoms with Gasteiger partial charge in [-0.2, -0.15) is 0 Å². The van der Waals surface area contributed by atoms with Crippen molar-refractivity contribution in [3.8, 4) is 11.5 Å². The normalized spacial score (nSPS) is 10.0. The van der Waals surface area contributed by atoms with Crippen molar-refractivity contribution in [2.24, 2.45) is 5.73 Å². The van der Waals surface area contributed by atoms with Gasteiger partial charge in [-0.3, -0.25) is 4.79 Å². The fourth-order valence-electron chi connectivity index (χ4n) is 1.74. The number of carbonyl (C=O) groups is 1. The summed E-state index contributed by atoms with van der Waals surface area (Å²) in [5.74, 6) is 1.07. The molecule has 0 heterocycles. The minimum Gasteiger partial charge on any atom is -0.496 e. The fourth-order valence-corrected chi connectivity index (χ4v) is 1.74. The highest BCUT2D eigenvalue weighted by Gasteiger charge is 2.14. The first-order valence-corrected chi connectivity index (χ1v) is 5.00. The SMILES string of the molecule is COc1cc(CC(N)=O)c(OC)c(C)c1C. The van der Waals surface area contributed by atoms with Gasteiger partial charge in [0, 0.05) is 5.56 Å². The Hall–Kier alpha value is -1.71. The van der Waals surface area contributed by atoms with Crippen molar-refractivity contribution >= 4 is 5.91 Å². The van der Waals surface area contributed by atoms with E-state index in [-0.39, 0.29) is 12.3 Å². The van der Waals surface area contributed by atoms with Gasteiger partial charge in [0.05, 0.1) is 20.6 Å². The Morgan fingerprint density at radius 3 is 2.31 bits per heavy atom. The first-order chi connectivity index (χ1) is 7.51. The summed E-state index contributed by atoms with van der Waals surface area (Å²) in [4.78, 5) is 11.0. The van der Waals surface area contributed by atoms with E-state index in [1.165, 1.54) is 0 Å². The van der Waals surface area contributed by atoms with Gasteiger partial charge in [-0.15, -0.1) is 0 Å². The molecule has 0 saturated carbocycles. The summed E-state index contributed by atoms with van der Waals surface area (Å²) in [5, 5.41) is 0. The van der Waals surface area contributed by atoms with Crippen LogP contribution in [0, 0.1) is 13.8 Å². The second-order valence-corrected chi connectivity index (χ2v) is 3.66. The van der Waals surface area contributed by atoms with E-state index in [9.17, 15) is 4.79 Å². The molecule has 4 nitrogen and oxygen atoms in total. The van der Waals surface area contributed by atoms with Crippen molar-refractivity contribution in [2.75, 3.05) is 14.2 Å². The highest BCUT2D eigenvalue weighted by atomic mass is 16.5. The minimum absolute atomic E-state index is 0.153. The Morgan fingerprint density at radius 1 is 1.25 bits per heavy atom. The van der Waals surface area contributed by atoms with E-state index in [1.807, 2.05) is 13.8 Å². The van der Waals surface area contributed by atoms with E-state index in [1.54, 1.807) is 20.3 Å². The van der Waals surface area contributed by atoms with Crippen LogP contribution in [0.3, 0.4) is 0 Å². The van der Waals surface area contributed by atoms with Gasteiger partial charge in [-0.05, 0) is 31.0 Å². The lowest BCUT2D eigenvalue weighted by Crippen LogP contribution is -2.15. The number of hydrogen-bond acceptors (Lipinski definition) is 3.